The van der Waals surface area contributed by atoms with Crippen molar-refractivity contribution in [1.82, 2.24) is 0 Å². The van der Waals surface area contributed by atoms with Crippen molar-refractivity contribution in [3.05, 3.63) is 85.3 Å². The molecule has 3 aromatic carbocycles. The van der Waals surface area contributed by atoms with E-state index in [9.17, 15) is 0 Å². The highest BCUT2D eigenvalue weighted by atomic mass is 35.5. The fourth-order valence-corrected chi connectivity index (χ4v) is 3.65. The number of ether oxygens (including phenoxy) is 2. The van der Waals surface area contributed by atoms with Gasteiger partial charge in [-0.3, -0.25) is 0 Å². The summed E-state index contributed by atoms with van der Waals surface area (Å²) in [7, 11) is 0. The van der Waals surface area contributed by atoms with Crippen molar-refractivity contribution in [3.63, 3.8) is 0 Å². The Labute approximate surface area is 196 Å². The van der Waals surface area contributed by atoms with Gasteiger partial charge in [0.05, 0.1) is 6.61 Å². The zero-order chi connectivity index (χ0) is 21.7. The standard InChI is InChI=1S/C23H21Cl4NO2/c1-3-29-22-8-16(12-28-18-7-4-14(2)19(25)10-18)21(27)11-23(22)30-13-15-5-6-17(24)9-20(15)26/h4-11,28H,3,12-13H2,1-2H3. The molecule has 158 valence electrons. The van der Waals surface area contributed by atoms with Crippen molar-refractivity contribution in [2.24, 2.45) is 0 Å². The third-order valence-electron chi connectivity index (χ3n) is 4.47. The molecule has 0 saturated carbocycles. The normalized spacial score (nSPS) is 10.7. The van der Waals surface area contributed by atoms with E-state index in [-0.39, 0.29) is 6.61 Å². The Balaban J connectivity index is 1.76. The lowest BCUT2D eigenvalue weighted by molar-refractivity contribution is 0.269. The summed E-state index contributed by atoms with van der Waals surface area (Å²) in [5, 5.41) is 5.74. The number of nitrogens with one attached hydrogen (secondary N) is 1. The molecule has 0 aliphatic rings. The van der Waals surface area contributed by atoms with Crippen LogP contribution in [0.3, 0.4) is 0 Å². The lowest BCUT2D eigenvalue weighted by Crippen LogP contribution is -2.04. The van der Waals surface area contributed by atoms with Crippen molar-refractivity contribution < 1.29 is 9.47 Å². The van der Waals surface area contributed by atoms with Gasteiger partial charge in [0.15, 0.2) is 11.5 Å². The van der Waals surface area contributed by atoms with Crippen LogP contribution in [0.1, 0.15) is 23.6 Å². The lowest BCUT2D eigenvalue weighted by Gasteiger charge is -2.16. The number of benzene rings is 3. The summed E-state index contributed by atoms with van der Waals surface area (Å²) in [6.07, 6.45) is 0. The van der Waals surface area contributed by atoms with Gasteiger partial charge in [0.25, 0.3) is 0 Å². The Bertz CT molecular complexity index is 1040. The van der Waals surface area contributed by atoms with Gasteiger partial charge in [0.1, 0.15) is 6.61 Å². The van der Waals surface area contributed by atoms with E-state index in [0.717, 1.165) is 22.4 Å². The minimum absolute atomic E-state index is 0.270. The van der Waals surface area contributed by atoms with Crippen molar-refractivity contribution in [2.45, 2.75) is 27.0 Å². The minimum Gasteiger partial charge on any atom is -0.490 e. The summed E-state index contributed by atoms with van der Waals surface area (Å²) in [4.78, 5) is 0. The number of anilines is 1. The molecular formula is C23H21Cl4NO2. The molecule has 0 unspecified atom stereocenters. The Kier molecular flexibility index (Phi) is 8.01. The highest BCUT2D eigenvalue weighted by Crippen LogP contribution is 2.35. The summed E-state index contributed by atoms with van der Waals surface area (Å²) in [5.74, 6) is 1.17. The first kappa shape index (κ1) is 22.9. The quantitative estimate of drug-likeness (QED) is 0.349. The zero-order valence-corrected chi connectivity index (χ0v) is 19.6. The molecule has 7 heteroatoms. The third-order valence-corrected chi connectivity index (χ3v) is 5.81. The summed E-state index contributed by atoms with van der Waals surface area (Å²) in [5.41, 5.74) is 3.65. The summed E-state index contributed by atoms with van der Waals surface area (Å²) < 4.78 is 11.7. The molecule has 3 rings (SSSR count). The van der Waals surface area contributed by atoms with Gasteiger partial charge in [-0.2, -0.15) is 0 Å². The maximum absolute atomic E-state index is 6.51. The zero-order valence-electron chi connectivity index (χ0n) is 16.6. The number of hydrogen-bond donors (Lipinski definition) is 1. The molecule has 0 atom stereocenters. The maximum atomic E-state index is 6.51. The van der Waals surface area contributed by atoms with Crippen LogP contribution in [-0.2, 0) is 13.2 Å². The Morgan fingerprint density at radius 3 is 2.20 bits per heavy atom. The second kappa shape index (κ2) is 10.5. The monoisotopic (exact) mass is 483 g/mol. The van der Waals surface area contributed by atoms with Crippen molar-refractivity contribution in [2.75, 3.05) is 11.9 Å². The Morgan fingerprint density at radius 1 is 0.767 bits per heavy atom. The summed E-state index contributed by atoms with van der Waals surface area (Å²) in [6.45, 7) is 5.17. The molecule has 0 fully saturated rings. The predicted molar refractivity (Wildman–Crippen MR) is 127 cm³/mol. The molecule has 3 nitrogen and oxygen atoms in total. The Morgan fingerprint density at radius 2 is 1.50 bits per heavy atom. The number of halogens is 4. The van der Waals surface area contributed by atoms with E-state index in [2.05, 4.69) is 5.32 Å². The van der Waals surface area contributed by atoms with Crippen LogP contribution in [0.5, 0.6) is 11.5 Å². The largest absolute Gasteiger partial charge is 0.490 e. The highest BCUT2D eigenvalue weighted by Gasteiger charge is 2.13. The first-order valence-electron chi connectivity index (χ1n) is 9.39. The Hall–Kier alpha value is -1.78. The van der Waals surface area contributed by atoms with Crippen LogP contribution in [0.25, 0.3) is 0 Å². The van der Waals surface area contributed by atoms with E-state index in [1.807, 2.05) is 44.2 Å². The minimum atomic E-state index is 0.270. The van der Waals surface area contributed by atoms with Crippen molar-refractivity contribution >= 4 is 52.1 Å². The SMILES string of the molecule is CCOc1cc(CNc2ccc(C)c(Cl)c2)c(Cl)cc1OCc1ccc(Cl)cc1Cl. The van der Waals surface area contributed by atoms with Gasteiger partial charge in [0.2, 0.25) is 0 Å². The molecule has 30 heavy (non-hydrogen) atoms. The van der Waals surface area contributed by atoms with Crippen LogP contribution < -0.4 is 14.8 Å². The average molecular weight is 485 g/mol. The van der Waals surface area contributed by atoms with Gasteiger partial charge < -0.3 is 14.8 Å². The second-order valence-corrected chi connectivity index (χ2v) is 8.32. The number of rotatable bonds is 8. The molecule has 0 heterocycles. The first-order valence-corrected chi connectivity index (χ1v) is 10.9. The van der Waals surface area contributed by atoms with E-state index in [0.29, 0.717) is 44.7 Å². The van der Waals surface area contributed by atoms with Crippen LogP contribution in [-0.4, -0.2) is 6.61 Å². The molecule has 1 N–H and O–H groups in total. The smallest absolute Gasteiger partial charge is 0.163 e. The van der Waals surface area contributed by atoms with E-state index >= 15 is 0 Å². The molecule has 0 aromatic heterocycles. The molecule has 0 radical (unpaired) electrons. The number of aryl methyl sites for hydroxylation is 1. The van der Waals surface area contributed by atoms with Crippen LogP contribution in [0.4, 0.5) is 5.69 Å². The average Bonchev–Trinajstić information content (AvgIpc) is 2.70. The van der Waals surface area contributed by atoms with Gasteiger partial charge >= 0.3 is 0 Å². The highest BCUT2D eigenvalue weighted by molar-refractivity contribution is 6.35. The first-order chi connectivity index (χ1) is 14.4. The van der Waals surface area contributed by atoms with E-state index in [1.54, 1.807) is 18.2 Å². The van der Waals surface area contributed by atoms with Crippen molar-refractivity contribution in [1.29, 1.82) is 0 Å². The molecular weight excluding hydrogens is 464 g/mol. The summed E-state index contributed by atoms with van der Waals surface area (Å²) in [6, 6.07) is 14.8. The molecule has 0 amide bonds. The lowest BCUT2D eigenvalue weighted by atomic mass is 10.1. The van der Waals surface area contributed by atoms with E-state index in [1.165, 1.54) is 0 Å². The van der Waals surface area contributed by atoms with Crippen LogP contribution >= 0.6 is 46.4 Å². The third kappa shape index (κ3) is 5.89. The van der Waals surface area contributed by atoms with Gasteiger partial charge in [-0.15, -0.1) is 0 Å². The van der Waals surface area contributed by atoms with Gasteiger partial charge in [-0.05, 0) is 55.3 Å². The molecule has 0 aliphatic carbocycles. The molecule has 0 spiro atoms. The fraction of sp³-hybridized carbons (Fsp3) is 0.217. The molecule has 0 bridgehead atoms. The topological polar surface area (TPSA) is 30.5 Å². The van der Waals surface area contributed by atoms with Gasteiger partial charge in [-0.1, -0.05) is 58.5 Å². The number of hydrogen-bond acceptors (Lipinski definition) is 3. The van der Waals surface area contributed by atoms with Gasteiger partial charge in [-0.25, -0.2) is 0 Å². The fourth-order valence-electron chi connectivity index (χ4n) is 2.79. The van der Waals surface area contributed by atoms with E-state index in [4.69, 9.17) is 55.9 Å². The van der Waals surface area contributed by atoms with Crippen LogP contribution in [0.15, 0.2) is 48.5 Å². The maximum Gasteiger partial charge on any atom is 0.163 e. The summed E-state index contributed by atoms with van der Waals surface area (Å²) >= 11 is 24.9. The molecule has 0 aliphatic heterocycles. The predicted octanol–water partition coefficient (Wildman–Crippen LogP) is 8.20. The molecule has 0 saturated heterocycles. The molecule has 3 aromatic rings. The van der Waals surface area contributed by atoms with Crippen LogP contribution in [0, 0.1) is 6.92 Å². The second-order valence-electron chi connectivity index (χ2n) is 6.67. The van der Waals surface area contributed by atoms with Crippen LogP contribution in [0.2, 0.25) is 20.1 Å². The van der Waals surface area contributed by atoms with E-state index < -0.39 is 0 Å². The van der Waals surface area contributed by atoms with Gasteiger partial charge in [0, 0.05) is 44.0 Å². The van der Waals surface area contributed by atoms with Crippen molar-refractivity contribution in [3.8, 4) is 11.5 Å².